The quantitative estimate of drug-likeness (QED) is 0.865. The summed E-state index contributed by atoms with van der Waals surface area (Å²) in [6, 6.07) is 11.6. The van der Waals surface area contributed by atoms with Crippen LogP contribution in [0.4, 0.5) is 0 Å². The van der Waals surface area contributed by atoms with Crippen LogP contribution in [0.25, 0.3) is 0 Å². The first-order valence-corrected chi connectivity index (χ1v) is 8.77. The van der Waals surface area contributed by atoms with Crippen LogP contribution in [0.15, 0.2) is 30.3 Å². The molecule has 116 valence electrons. The first-order valence-electron chi connectivity index (χ1n) is 8.77. The van der Waals surface area contributed by atoms with Crippen LogP contribution < -0.4 is 5.32 Å². The maximum atomic E-state index is 9.48. The molecule has 1 aromatic rings. The molecule has 3 rings (SSSR count). The van der Waals surface area contributed by atoms with E-state index in [1.807, 2.05) is 0 Å². The van der Waals surface area contributed by atoms with Gasteiger partial charge in [0.2, 0.25) is 0 Å². The lowest BCUT2D eigenvalue weighted by Gasteiger charge is -2.34. The summed E-state index contributed by atoms with van der Waals surface area (Å²) < 4.78 is 0. The molecule has 0 heterocycles. The molecule has 2 fully saturated rings. The summed E-state index contributed by atoms with van der Waals surface area (Å²) in [5.74, 6) is 1.90. The number of hydrogen-bond donors (Lipinski definition) is 2. The highest BCUT2D eigenvalue weighted by Crippen LogP contribution is 2.35. The molecule has 2 N–H and O–H groups in total. The van der Waals surface area contributed by atoms with Gasteiger partial charge in [-0.3, -0.25) is 0 Å². The molecular formula is C19H29NO. The molecule has 1 aromatic carbocycles. The van der Waals surface area contributed by atoms with E-state index in [0.717, 1.165) is 6.54 Å². The van der Waals surface area contributed by atoms with Crippen molar-refractivity contribution in [2.24, 2.45) is 11.8 Å². The van der Waals surface area contributed by atoms with Crippen molar-refractivity contribution in [2.45, 2.75) is 56.9 Å². The van der Waals surface area contributed by atoms with E-state index in [2.05, 4.69) is 35.6 Å². The molecule has 2 nitrogen and oxygen atoms in total. The Labute approximate surface area is 129 Å². The van der Waals surface area contributed by atoms with Crippen LogP contribution in [0.2, 0.25) is 0 Å². The molecule has 2 saturated carbocycles. The maximum absolute atomic E-state index is 9.48. The van der Waals surface area contributed by atoms with Crippen molar-refractivity contribution >= 4 is 0 Å². The SMILES string of the molecule is OCC1CCCC1CNC1CCCCC1c1ccccc1. The third-order valence-electron chi connectivity index (χ3n) is 5.69. The van der Waals surface area contributed by atoms with Crippen LogP contribution in [0, 0.1) is 11.8 Å². The largest absolute Gasteiger partial charge is 0.396 e. The molecule has 0 bridgehead atoms. The van der Waals surface area contributed by atoms with E-state index in [4.69, 9.17) is 0 Å². The maximum Gasteiger partial charge on any atom is 0.0462 e. The molecule has 2 aliphatic carbocycles. The summed E-state index contributed by atoms with van der Waals surface area (Å²) >= 11 is 0. The Morgan fingerprint density at radius 2 is 1.67 bits per heavy atom. The molecule has 4 unspecified atom stereocenters. The number of aliphatic hydroxyl groups excluding tert-OH is 1. The van der Waals surface area contributed by atoms with E-state index in [9.17, 15) is 5.11 Å². The smallest absolute Gasteiger partial charge is 0.0462 e. The first kappa shape index (κ1) is 15.1. The molecule has 4 atom stereocenters. The second-order valence-corrected chi connectivity index (χ2v) is 6.95. The van der Waals surface area contributed by atoms with Gasteiger partial charge in [-0.15, -0.1) is 0 Å². The fourth-order valence-electron chi connectivity index (χ4n) is 4.40. The summed E-state index contributed by atoms with van der Waals surface area (Å²) in [5, 5.41) is 13.3. The Hall–Kier alpha value is -0.860. The van der Waals surface area contributed by atoms with Crippen molar-refractivity contribution in [2.75, 3.05) is 13.2 Å². The minimum Gasteiger partial charge on any atom is -0.396 e. The van der Waals surface area contributed by atoms with Gasteiger partial charge in [-0.05, 0) is 55.5 Å². The summed E-state index contributed by atoms with van der Waals surface area (Å²) in [6.07, 6.45) is 9.14. The van der Waals surface area contributed by atoms with Crippen LogP contribution in [0.1, 0.15) is 56.4 Å². The first-order chi connectivity index (χ1) is 10.4. The van der Waals surface area contributed by atoms with Crippen LogP contribution in [-0.4, -0.2) is 24.3 Å². The molecule has 0 saturated heterocycles. The molecule has 21 heavy (non-hydrogen) atoms. The minimum atomic E-state index is 0.374. The van der Waals surface area contributed by atoms with Crippen molar-refractivity contribution in [3.05, 3.63) is 35.9 Å². The van der Waals surface area contributed by atoms with Gasteiger partial charge in [0.15, 0.2) is 0 Å². The zero-order valence-corrected chi connectivity index (χ0v) is 13.0. The van der Waals surface area contributed by atoms with E-state index in [1.165, 1.54) is 50.5 Å². The van der Waals surface area contributed by atoms with E-state index in [0.29, 0.717) is 30.4 Å². The van der Waals surface area contributed by atoms with Gasteiger partial charge >= 0.3 is 0 Å². The van der Waals surface area contributed by atoms with Gasteiger partial charge < -0.3 is 10.4 Å². The lowest BCUT2D eigenvalue weighted by molar-refractivity contribution is 0.186. The lowest BCUT2D eigenvalue weighted by Crippen LogP contribution is -2.40. The normalized spacial score (nSPS) is 33.2. The number of rotatable bonds is 5. The van der Waals surface area contributed by atoms with E-state index < -0.39 is 0 Å². The third kappa shape index (κ3) is 3.67. The van der Waals surface area contributed by atoms with Crippen LogP contribution in [0.3, 0.4) is 0 Å². The standard InChI is InChI=1S/C19H29NO/c21-14-17-10-6-9-16(17)13-20-19-12-5-4-11-18(19)15-7-2-1-3-8-15/h1-3,7-8,16-21H,4-6,9-14H2. The number of hydrogen-bond acceptors (Lipinski definition) is 2. The average Bonchev–Trinajstić information content (AvgIpc) is 3.01. The molecule has 0 aromatic heterocycles. The fraction of sp³-hybridized carbons (Fsp3) is 0.684. The number of nitrogens with one attached hydrogen (secondary N) is 1. The second-order valence-electron chi connectivity index (χ2n) is 6.95. The Balaban J connectivity index is 1.60. The van der Waals surface area contributed by atoms with Crippen molar-refractivity contribution < 1.29 is 5.11 Å². The second kappa shape index (κ2) is 7.42. The Morgan fingerprint density at radius 3 is 2.48 bits per heavy atom. The van der Waals surface area contributed by atoms with Gasteiger partial charge in [-0.2, -0.15) is 0 Å². The van der Waals surface area contributed by atoms with Crippen molar-refractivity contribution in [3.8, 4) is 0 Å². The molecule has 2 heteroatoms. The van der Waals surface area contributed by atoms with Crippen LogP contribution >= 0.6 is 0 Å². The molecule has 2 aliphatic rings. The molecule has 0 amide bonds. The van der Waals surface area contributed by atoms with E-state index in [1.54, 1.807) is 0 Å². The van der Waals surface area contributed by atoms with Crippen LogP contribution in [0.5, 0.6) is 0 Å². The number of benzene rings is 1. The number of aliphatic hydroxyl groups is 1. The Bertz CT molecular complexity index is 419. The van der Waals surface area contributed by atoms with Gasteiger partial charge in [-0.1, -0.05) is 49.6 Å². The average molecular weight is 287 g/mol. The predicted octanol–water partition coefficient (Wildman–Crippen LogP) is 3.71. The summed E-state index contributed by atoms with van der Waals surface area (Å²) in [6.45, 7) is 1.47. The highest BCUT2D eigenvalue weighted by molar-refractivity contribution is 5.22. The Kier molecular flexibility index (Phi) is 5.32. The predicted molar refractivity (Wildman–Crippen MR) is 87.4 cm³/mol. The van der Waals surface area contributed by atoms with E-state index in [-0.39, 0.29) is 0 Å². The minimum absolute atomic E-state index is 0.374. The topological polar surface area (TPSA) is 32.3 Å². The highest BCUT2D eigenvalue weighted by Gasteiger charge is 2.30. The van der Waals surface area contributed by atoms with Crippen molar-refractivity contribution in [1.29, 1.82) is 0 Å². The lowest BCUT2D eigenvalue weighted by atomic mass is 9.79. The summed E-state index contributed by atoms with van der Waals surface area (Å²) in [5.41, 5.74) is 1.50. The fourth-order valence-corrected chi connectivity index (χ4v) is 4.40. The summed E-state index contributed by atoms with van der Waals surface area (Å²) in [4.78, 5) is 0. The van der Waals surface area contributed by atoms with Gasteiger partial charge in [0.05, 0.1) is 0 Å². The van der Waals surface area contributed by atoms with Gasteiger partial charge in [0, 0.05) is 12.6 Å². The van der Waals surface area contributed by atoms with Gasteiger partial charge in [-0.25, -0.2) is 0 Å². The van der Waals surface area contributed by atoms with Gasteiger partial charge in [0.1, 0.15) is 0 Å². The van der Waals surface area contributed by atoms with Crippen molar-refractivity contribution in [3.63, 3.8) is 0 Å². The zero-order chi connectivity index (χ0) is 14.5. The molecule has 0 spiro atoms. The zero-order valence-electron chi connectivity index (χ0n) is 13.0. The molecule has 0 radical (unpaired) electrons. The van der Waals surface area contributed by atoms with Crippen LogP contribution in [-0.2, 0) is 0 Å². The Morgan fingerprint density at radius 1 is 0.905 bits per heavy atom. The van der Waals surface area contributed by atoms with Gasteiger partial charge in [0.25, 0.3) is 0 Å². The highest BCUT2D eigenvalue weighted by atomic mass is 16.3. The third-order valence-corrected chi connectivity index (χ3v) is 5.69. The monoisotopic (exact) mass is 287 g/mol. The molecular weight excluding hydrogens is 258 g/mol. The van der Waals surface area contributed by atoms with Crippen molar-refractivity contribution in [1.82, 2.24) is 5.32 Å². The summed E-state index contributed by atoms with van der Waals surface area (Å²) in [7, 11) is 0. The van der Waals surface area contributed by atoms with E-state index >= 15 is 0 Å². The molecule has 0 aliphatic heterocycles.